The van der Waals surface area contributed by atoms with Crippen LogP contribution >= 0.6 is 15.9 Å². The van der Waals surface area contributed by atoms with Gasteiger partial charge in [0.1, 0.15) is 5.82 Å². The van der Waals surface area contributed by atoms with Crippen LogP contribution in [0.15, 0.2) is 76.0 Å². The van der Waals surface area contributed by atoms with Crippen molar-refractivity contribution >= 4 is 26.8 Å². The molecule has 0 atom stereocenters. The number of aromatic nitrogens is 2. The van der Waals surface area contributed by atoms with E-state index in [1.807, 2.05) is 48.5 Å². The summed E-state index contributed by atoms with van der Waals surface area (Å²) in [4.78, 5) is 18.2. The molecular weight excluding hydrogens is 400 g/mol. The van der Waals surface area contributed by atoms with Crippen LogP contribution in [-0.2, 0) is 6.54 Å². The number of benzene rings is 3. The van der Waals surface area contributed by atoms with E-state index in [2.05, 4.69) is 48.0 Å². The van der Waals surface area contributed by atoms with Gasteiger partial charge < -0.3 is 0 Å². The van der Waals surface area contributed by atoms with E-state index in [4.69, 9.17) is 4.98 Å². The lowest BCUT2D eigenvalue weighted by atomic mass is 10.0. The summed E-state index contributed by atoms with van der Waals surface area (Å²) in [6, 6.07) is 21.9. The largest absolute Gasteiger partial charge is 0.288 e. The quantitative estimate of drug-likeness (QED) is 0.440. The Hall–Kier alpha value is -2.72. The fourth-order valence-corrected chi connectivity index (χ4v) is 3.74. The van der Waals surface area contributed by atoms with Crippen molar-refractivity contribution in [2.75, 3.05) is 0 Å². The van der Waals surface area contributed by atoms with Crippen molar-refractivity contribution in [3.05, 3.63) is 98.2 Å². The van der Waals surface area contributed by atoms with Gasteiger partial charge >= 0.3 is 0 Å². The average molecular weight is 419 g/mol. The lowest BCUT2D eigenvalue weighted by molar-refractivity contribution is 0.758. The topological polar surface area (TPSA) is 34.9 Å². The molecule has 27 heavy (non-hydrogen) atoms. The molecule has 0 bridgehead atoms. The van der Waals surface area contributed by atoms with E-state index in [9.17, 15) is 4.79 Å². The fraction of sp³-hybridized carbons (Fsp3) is 0.130. The van der Waals surface area contributed by atoms with E-state index >= 15 is 0 Å². The molecule has 1 aromatic heterocycles. The molecule has 134 valence electrons. The van der Waals surface area contributed by atoms with Crippen LogP contribution in [0.4, 0.5) is 0 Å². The molecule has 0 fully saturated rings. The molecule has 0 spiro atoms. The Morgan fingerprint density at radius 2 is 1.74 bits per heavy atom. The van der Waals surface area contributed by atoms with Crippen LogP contribution in [0.3, 0.4) is 0 Å². The minimum Gasteiger partial charge on any atom is -0.288 e. The van der Waals surface area contributed by atoms with Gasteiger partial charge in [0, 0.05) is 10.0 Å². The highest BCUT2D eigenvalue weighted by molar-refractivity contribution is 9.10. The van der Waals surface area contributed by atoms with Crippen LogP contribution in [0.5, 0.6) is 0 Å². The Morgan fingerprint density at radius 1 is 0.963 bits per heavy atom. The molecule has 3 aromatic carbocycles. The van der Waals surface area contributed by atoms with Crippen molar-refractivity contribution in [2.45, 2.75) is 20.4 Å². The second-order valence-corrected chi connectivity index (χ2v) is 7.71. The van der Waals surface area contributed by atoms with E-state index in [0.29, 0.717) is 23.3 Å². The first kappa shape index (κ1) is 17.7. The van der Waals surface area contributed by atoms with Gasteiger partial charge in [0.15, 0.2) is 0 Å². The van der Waals surface area contributed by atoms with E-state index in [0.717, 1.165) is 21.2 Å². The minimum absolute atomic E-state index is 0.0277. The molecule has 0 saturated carbocycles. The lowest BCUT2D eigenvalue weighted by Gasteiger charge is -2.16. The number of hydrogen-bond donors (Lipinski definition) is 0. The van der Waals surface area contributed by atoms with Crippen molar-refractivity contribution in [3.8, 4) is 11.4 Å². The molecule has 1 heterocycles. The SMILES string of the molecule is Cc1ccc(-c2nc3ccc(Br)cc3c(=O)n2Cc2ccccc2)c(C)c1. The lowest BCUT2D eigenvalue weighted by Crippen LogP contribution is -2.24. The molecular formula is C23H19BrN2O. The Labute approximate surface area is 166 Å². The van der Waals surface area contributed by atoms with Gasteiger partial charge in [0.25, 0.3) is 5.56 Å². The molecule has 0 unspecified atom stereocenters. The summed E-state index contributed by atoms with van der Waals surface area (Å²) in [6.45, 7) is 4.62. The van der Waals surface area contributed by atoms with Gasteiger partial charge in [-0.05, 0) is 43.2 Å². The van der Waals surface area contributed by atoms with Crippen molar-refractivity contribution < 1.29 is 0 Å². The fourth-order valence-electron chi connectivity index (χ4n) is 3.38. The van der Waals surface area contributed by atoms with Gasteiger partial charge in [-0.15, -0.1) is 0 Å². The molecule has 3 nitrogen and oxygen atoms in total. The Bertz CT molecular complexity index is 1200. The van der Waals surface area contributed by atoms with Crippen LogP contribution < -0.4 is 5.56 Å². The zero-order valence-corrected chi connectivity index (χ0v) is 16.8. The van der Waals surface area contributed by atoms with E-state index in [-0.39, 0.29) is 5.56 Å². The maximum atomic E-state index is 13.4. The van der Waals surface area contributed by atoms with Gasteiger partial charge in [0.2, 0.25) is 0 Å². The molecule has 0 saturated heterocycles. The number of fused-ring (bicyclic) bond motifs is 1. The highest BCUT2D eigenvalue weighted by Gasteiger charge is 2.15. The van der Waals surface area contributed by atoms with Crippen LogP contribution in [0.1, 0.15) is 16.7 Å². The number of rotatable bonds is 3. The summed E-state index contributed by atoms with van der Waals surface area (Å²) in [7, 11) is 0. The van der Waals surface area contributed by atoms with Crippen LogP contribution in [0, 0.1) is 13.8 Å². The molecule has 0 N–H and O–H groups in total. The second kappa shape index (κ2) is 7.12. The van der Waals surface area contributed by atoms with Gasteiger partial charge in [0.05, 0.1) is 17.4 Å². The first-order valence-electron chi connectivity index (χ1n) is 8.84. The summed E-state index contributed by atoms with van der Waals surface area (Å²) >= 11 is 3.47. The van der Waals surface area contributed by atoms with Crippen LogP contribution in [-0.4, -0.2) is 9.55 Å². The van der Waals surface area contributed by atoms with Crippen molar-refractivity contribution in [3.63, 3.8) is 0 Å². The first-order valence-corrected chi connectivity index (χ1v) is 9.64. The smallest absolute Gasteiger partial charge is 0.262 e. The Morgan fingerprint density at radius 3 is 2.48 bits per heavy atom. The van der Waals surface area contributed by atoms with Gasteiger partial charge in [-0.3, -0.25) is 9.36 Å². The summed E-state index contributed by atoms with van der Waals surface area (Å²) < 4.78 is 2.65. The average Bonchev–Trinajstić information content (AvgIpc) is 2.65. The van der Waals surface area contributed by atoms with Crippen molar-refractivity contribution in [2.24, 2.45) is 0 Å². The van der Waals surface area contributed by atoms with E-state index in [1.165, 1.54) is 5.56 Å². The monoisotopic (exact) mass is 418 g/mol. The van der Waals surface area contributed by atoms with Gasteiger partial charge in [-0.2, -0.15) is 0 Å². The van der Waals surface area contributed by atoms with E-state index < -0.39 is 0 Å². The Kier molecular flexibility index (Phi) is 4.66. The third-order valence-corrected chi connectivity index (χ3v) is 5.22. The van der Waals surface area contributed by atoms with Gasteiger partial charge in [-0.1, -0.05) is 70.0 Å². The number of nitrogens with zero attached hydrogens (tertiary/aromatic N) is 2. The predicted octanol–water partition coefficient (Wildman–Crippen LogP) is 5.49. The molecule has 0 radical (unpaired) electrons. The maximum Gasteiger partial charge on any atom is 0.262 e. The molecule has 0 amide bonds. The molecule has 0 aliphatic heterocycles. The highest BCUT2D eigenvalue weighted by Crippen LogP contribution is 2.25. The maximum absolute atomic E-state index is 13.4. The van der Waals surface area contributed by atoms with E-state index in [1.54, 1.807) is 4.57 Å². The minimum atomic E-state index is -0.0277. The predicted molar refractivity (Wildman–Crippen MR) is 114 cm³/mol. The van der Waals surface area contributed by atoms with Crippen molar-refractivity contribution in [1.82, 2.24) is 9.55 Å². The van der Waals surface area contributed by atoms with Crippen LogP contribution in [0.2, 0.25) is 0 Å². The van der Waals surface area contributed by atoms with Crippen molar-refractivity contribution in [1.29, 1.82) is 0 Å². The number of aryl methyl sites for hydroxylation is 2. The normalized spacial score (nSPS) is 11.1. The molecule has 4 rings (SSSR count). The zero-order chi connectivity index (χ0) is 19.0. The number of halogens is 1. The third-order valence-electron chi connectivity index (χ3n) is 4.72. The van der Waals surface area contributed by atoms with Gasteiger partial charge in [-0.25, -0.2) is 4.98 Å². The standard InChI is InChI=1S/C23H19BrN2O/c1-15-8-10-19(16(2)12-15)22-25-21-11-9-18(24)13-20(21)23(27)26(22)14-17-6-4-3-5-7-17/h3-13H,14H2,1-2H3. The Balaban J connectivity index is 2.02. The molecule has 0 aliphatic rings. The summed E-state index contributed by atoms with van der Waals surface area (Å²) in [5.41, 5.74) is 5.04. The molecule has 4 heteroatoms. The zero-order valence-electron chi connectivity index (χ0n) is 15.2. The summed E-state index contributed by atoms with van der Waals surface area (Å²) in [5, 5.41) is 0.619. The third kappa shape index (κ3) is 3.45. The summed E-state index contributed by atoms with van der Waals surface area (Å²) in [6.07, 6.45) is 0. The molecule has 4 aromatic rings. The summed E-state index contributed by atoms with van der Waals surface area (Å²) in [5.74, 6) is 0.705. The highest BCUT2D eigenvalue weighted by atomic mass is 79.9. The second-order valence-electron chi connectivity index (χ2n) is 6.79. The molecule has 0 aliphatic carbocycles. The number of hydrogen-bond acceptors (Lipinski definition) is 2. The first-order chi connectivity index (χ1) is 13.0. The van der Waals surface area contributed by atoms with Crippen LogP contribution in [0.25, 0.3) is 22.3 Å².